The molecule has 2 heteroatoms. The summed E-state index contributed by atoms with van der Waals surface area (Å²) in [5, 5.41) is 10.6. The van der Waals surface area contributed by atoms with E-state index < -0.39 is 6.10 Å². The van der Waals surface area contributed by atoms with Crippen LogP contribution in [0.25, 0.3) is 0 Å². The molecule has 14 heavy (non-hydrogen) atoms. The van der Waals surface area contributed by atoms with Gasteiger partial charge in [-0.1, -0.05) is 31.5 Å². The predicted octanol–water partition coefficient (Wildman–Crippen LogP) is 3.73. The largest absolute Gasteiger partial charge is 0.388 e. The Hall–Kier alpha value is -0.530. The van der Waals surface area contributed by atoms with E-state index in [0.29, 0.717) is 10.9 Å². The van der Waals surface area contributed by atoms with Crippen LogP contribution in [0, 0.1) is 12.8 Å². The fraction of sp³-hybridized carbons (Fsp3) is 0.500. The fourth-order valence-corrected chi connectivity index (χ4v) is 1.84. The molecule has 0 aliphatic rings. The number of hydrogen-bond donors (Lipinski definition) is 1. The first-order valence-electron chi connectivity index (χ1n) is 4.94. The first-order chi connectivity index (χ1) is 6.49. The van der Waals surface area contributed by atoms with E-state index >= 15 is 0 Å². The van der Waals surface area contributed by atoms with Crippen LogP contribution in [0.4, 0.5) is 0 Å². The maximum Gasteiger partial charge on any atom is 0.0793 e. The molecule has 0 saturated heterocycles. The smallest absolute Gasteiger partial charge is 0.0793 e. The van der Waals surface area contributed by atoms with Crippen LogP contribution >= 0.6 is 11.6 Å². The normalized spacial score (nSPS) is 13.3. The molecule has 1 atom stereocenters. The summed E-state index contributed by atoms with van der Waals surface area (Å²) in [5.74, 6) is 0.490. The molecule has 0 radical (unpaired) electrons. The van der Waals surface area contributed by atoms with E-state index in [1.54, 1.807) is 0 Å². The lowest BCUT2D eigenvalue weighted by Crippen LogP contribution is -2.02. The lowest BCUT2D eigenvalue weighted by Gasteiger charge is -2.14. The maximum absolute atomic E-state index is 9.88. The van der Waals surface area contributed by atoms with Crippen LogP contribution < -0.4 is 0 Å². The van der Waals surface area contributed by atoms with Crippen LogP contribution in [0.3, 0.4) is 0 Å². The number of aryl methyl sites for hydroxylation is 1. The third kappa shape index (κ3) is 3.32. The Kier molecular flexibility index (Phi) is 3.97. The highest BCUT2D eigenvalue weighted by molar-refractivity contribution is 6.30. The van der Waals surface area contributed by atoms with Gasteiger partial charge in [-0.3, -0.25) is 0 Å². The van der Waals surface area contributed by atoms with Gasteiger partial charge in [0.25, 0.3) is 0 Å². The van der Waals surface area contributed by atoms with E-state index in [1.165, 1.54) is 0 Å². The third-order valence-corrected chi connectivity index (χ3v) is 2.36. The van der Waals surface area contributed by atoms with Gasteiger partial charge in [0.1, 0.15) is 0 Å². The second kappa shape index (κ2) is 4.81. The van der Waals surface area contributed by atoms with Crippen LogP contribution in [0.2, 0.25) is 5.02 Å². The molecular weight excluding hydrogens is 196 g/mol. The Morgan fingerprint density at radius 1 is 1.29 bits per heavy atom. The molecular formula is C12H17ClO. The van der Waals surface area contributed by atoms with E-state index in [2.05, 4.69) is 13.8 Å². The molecule has 1 rings (SSSR count). The van der Waals surface area contributed by atoms with E-state index in [1.807, 2.05) is 25.1 Å². The van der Waals surface area contributed by atoms with Crippen molar-refractivity contribution in [2.75, 3.05) is 0 Å². The Bertz CT molecular complexity index is 287. The van der Waals surface area contributed by atoms with Gasteiger partial charge in [-0.15, -0.1) is 0 Å². The predicted molar refractivity (Wildman–Crippen MR) is 60.6 cm³/mol. The van der Waals surface area contributed by atoms with Crippen molar-refractivity contribution in [1.29, 1.82) is 0 Å². The molecule has 78 valence electrons. The summed E-state index contributed by atoms with van der Waals surface area (Å²) in [6.45, 7) is 6.18. The van der Waals surface area contributed by atoms with Crippen molar-refractivity contribution >= 4 is 11.6 Å². The third-order valence-electron chi connectivity index (χ3n) is 2.14. The second-order valence-corrected chi connectivity index (χ2v) is 4.64. The summed E-state index contributed by atoms with van der Waals surface area (Å²) in [6, 6.07) is 5.72. The average Bonchev–Trinajstić information content (AvgIpc) is 2.00. The minimum atomic E-state index is -0.396. The quantitative estimate of drug-likeness (QED) is 0.810. The van der Waals surface area contributed by atoms with Crippen molar-refractivity contribution in [3.8, 4) is 0 Å². The van der Waals surface area contributed by atoms with Gasteiger partial charge in [-0.05, 0) is 42.5 Å². The topological polar surface area (TPSA) is 20.2 Å². The Balaban J connectivity index is 2.84. The highest BCUT2D eigenvalue weighted by Crippen LogP contribution is 2.24. The molecule has 0 fully saturated rings. The number of rotatable bonds is 3. The van der Waals surface area contributed by atoms with Crippen molar-refractivity contribution in [2.24, 2.45) is 5.92 Å². The van der Waals surface area contributed by atoms with Crippen LogP contribution in [-0.4, -0.2) is 5.11 Å². The lowest BCUT2D eigenvalue weighted by molar-refractivity contribution is 0.151. The summed E-state index contributed by atoms with van der Waals surface area (Å²) >= 11 is 5.92. The molecule has 1 nitrogen and oxygen atoms in total. The second-order valence-electron chi connectivity index (χ2n) is 4.21. The molecule has 1 aromatic carbocycles. The van der Waals surface area contributed by atoms with Crippen LogP contribution in [0.5, 0.6) is 0 Å². The van der Waals surface area contributed by atoms with Crippen LogP contribution in [0.1, 0.15) is 37.5 Å². The number of hydrogen-bond acceptors (Lipinski definition) is 1. The fourth-order valence-electron chi connectivity index (χ4n) is 1.54. The van der Waals surface area contributed by atoms with Gasteiger partial charge in [0.05, 0.1) is 6.10 Å². The lowest BCUT2D eigenvalue weighted by atomic mass is 9.98. The minimum Gasteiger partial charge on any atom is -0.388 e. The van der Waals surface area contributed by atoms with Crippen molar-refractivity contribution in [3.05, 3.63) is 34.3 Å². The molecule has 0 saturated carbocycles. The standard InChI is InChI=1S/C12H17ClO/c1-8(2)4-12(14)10-5-9(3)6-11(13)7-10/h5-8,12,14H,4H2,1-3H3. The number of benzene rings is 1. The van der Waals surface area contributed by atoms with Crippen molar-refractivity contribution in [1.82, 2.24) is 0 Å². The van der Waals surface area contributed by atoms with Gasteiger partial charge in [0.15, 0.2) is 0 Å². The molecule has 0 amide bonds. The molecule has 1 aromatic rings. The average molecular weight is 213 g/mol. The first-order valence-corrected chi connectivity index (χ1v) is 5.32. The number of aliphatic hydroxyl groups is 1. The summed E-state index contributed by atoms with van der Waals surface area (Å²) in [5.41, 5.74) is 2.01. The minimum absolute atomic E-state index is 0.396. The van der Waals surface area contributed by atoms with E-state index in [9.17, 15) is 5.11 Å². The zero-order valence-electron chi connectivity index (χ0n) is 8.92. The molecule has 1 N–H and O–H groups in total. The van der Waals surface area contributed by atoms with Gasteiger partial charge in [-0.2, -0.15) is 0 Å². The molecule has 0 aliphatic heterocycles. The SMILES string of the molecule is Cc1cc(Cl)cc(C(O)CC(C)C)c1. The highest BCUT2D eigenvalue weighted by Gasteiger charge is 2.10. The van der Waals surface area contributed by atoms with Crippen LogP contribution in [-0.2, 0) is 0 Å². The Morgan fingerprint density at radius 3 is 2.43 bits per heavy atom. The number of aliphatic hydroxyl groups excluding tert-OH is 1. The Morgan fingerprint density at radius 2 is 1.93 bits per heavy atom. The van der Waals surface area contributed by atoms with E-state index in [-0.39, 0.29) is 0 Å². The molecule has 0 heterocycles. The zero-order chi connectivity index (χ0) is 10.7. The first kappa shape index (κ1) is 11.5. The van der Waals surface area contributed by atoms with Gasteiger partial charge in [-0.25, -0.2) is 0 Å². The Labute approximate surface area is 90.7 Å². The summed E-state index contributed by atoms with van der Waals surface area (Å²) in [4.78, 5) is 0. The van der Waals surface area contributed by atoms with Gasteiger partial charge in [0.2, 0.25) is 0 Å². The van der Waals surface area contributed by atoms with Crippen molar-refractivity contribution in [2.45, 2.75) is 33.3 Å². The molecule has 0 spiro atoms. The molecule has 0 aromatic heterocycles. The summed E-state index contributed by atoms with van der Waals surface area (Å²) < 4.78 is 0. The van der Waals surface area contributed by atoms with Gasteiger partial charge < -0.3 is 5.11 Å². The van der Waals surface area contributed by atoms with E-state index in [4.69, 9.17) is 11.6 Å². The number of halogens is 1. The maximum atomic E-state index is 9.88. The van der Waals surface area contributed by atoms with E-state index in [0.717, 1.165) is 17.5 Å². The van der Waals surface area contributed by atoms with Crippen LogP contribution in [0.15, 0.2) is 18.2 Å². The highest BCUT2D eigenvalue weighted by atomic mass is 35.5. The van der Waals surface area contributed by atoms with Crippen molar-refractivity contribution < 1.29 is 5.11 Å². The summed E-state index contributed by atoms with van der Waals surface area (Å²) in [6.07, 6.45) is 0.382. The molecule has 1 unspecified atom stereocenters. The monoisotopic (exact) mass is 212 g/mol. The molecule has 0 bridgehead atoms. The van der Waals surface area contributed by atoms with Crippen molar-refractivity contribution in [3.63, 3.8) is 0 Å². The molecule has 0 aliphatic carbocycles. The van der Waals surface area contributed by atoms with Gasteiger partial charge >= 0.3 is 0 Å². The van der Waals surface area contributed by atoms with Gasteiger partial charge in [0, 0.05) is 5.02 Å². The summed E-state index contributed by atoms with van der Waals surface area (Å²) in [7, 11) is 0. The zero-order valence-corrected chi connectivity index (χ0v) is 9.67.